The molecular weight excluding hydrogens is 400 g/mol. The van der Waals surface area contributed by atoms with Gasteiger partial charge in [0.15, 0.2) is 6.20 Å². The van der Waals surface area contributed by atoms with Gasteiger partial charge in [0.2, 0.25) is 5.52 Å². The van der Waals surface area contributed by atoms with Crippen molar-refractivity contribution in [3.63, 3.8) is 0 Å². The molecule has 0 spiro atoms. The Labute approximate surface area is 195 Å². The van der Waals surface area contributed by atoms with Gasteiger partial charge in [-0.1, -0.05) is 58.9 Å². The smallest absolute Gasteiger partial charge is 0.224 e. The fraction of sp³-hybridized carbons (Fsp3) is 0.323. The van der Waals surface area contributed by atoms with Gasteiger partial charge < -0.3 is 4.40 Å². The van der Waals surface area contributed by atoms with Gasteiger partial charge in [-0.3, -0.25) is 0 Å². The first-order chi connectivity index (χ1) is 15.6. The fourth-order valence-electron chi connectivity index (χ4n) is 5.84. The van der Waals surface area contributed by atoms with Crippen molar-refractivity contribution >= 4 is 49.0 Å². The molecular formula is C31H33N2+. The van der Waals surface area contributed by atoms with Crippen LogP contribution in [0.15, 0.2) is 54.7 Å². The number of pyridine rings is 2. The van der Waals surface area contributed by atoms with Crippen LogP contribution in [0.2, 0.25) is 0 Å². The van der Waals surface area contributed by atoms with E-state index in [9.17, 15) is 0 Å². The van der Waals surface area contributed by atoms with Crippen LogP contribution in [0, 0.1) is 12.3 Å². The zero-order valence-electron chi connectivity index (χ0n) is 20.9. The molecule has 6 aromatic rings. The van der Waals surface area contributed by atoms with Crippen molar-refractivity contribution in [2.75, 3.05) is 0 Å². The lowest BCUT2D eigenvalue weighted by atomic mass is 9.88. The van der Waals surface area contributed by atoms with E-state index < -0.39 is 0 Å². The van der Waals surface area contributed by atoms with Gasteiger partial charge in [-0.15, -0.1) is 0 Å². The Hall–Kier alpha value is -3.13. The van der Waals surface area contributed by atoms with Crippen molar-refractivity contribution < 1.29 is 4.57 Å². The van der Waals surface area contributed by atoms with Crippen LogP contribution >= 0.6 is 0 Å². The molecule has 6 rings (SSSR count). The van der Waals surface area contributed by atoms with Gasteiger partial charge in [0.25, 0.3) is 0 Å². The molecule has 166 valence electrons. The van der Waals surface area contributed by atoms with E-state index >= 15 is 0 Å². The molecule has 3 aromatic carbocycles. The van der Waals surface area contributed by atoms with Crippen LogP contribution in [0.5, 0.6) is 0 Å². The third-order valence-corrected chi connectivity index (χ3v) is 7.32. The molecule has 0 bridgehead atoms. The maximum atomic E-state index is 2.55. The number of hydrogen-bond acceptors (Lipinski definition) is 0. The highest BCUT2D eigenvalue weighted by Gasteiger charge is 2.24. The Bertz CT molecular complexity index is 1710. The van der Waals surface area contributed by atoms with Crippen LogP contribution in [0.4, 0.5) is 0 Å². The van der Waals surface area contributed by atoms with Crippen LogP contribution in [0.3, 0.4) is 0 Å². The average Bonchev–Trinajstić information content (AvgIpc) is 3.07. The highest BCUT2D eigenvalue weighted by atomic mass is 15.0. The summed E-state index contributed by atoms with van der Waals surface area (Å²) in [5, 5.41) is 6.80. The minimum Gasteiger partial charge on any atom is -0.307 e. The van der Waals surface area contributed by atoms with Gasteiger partial charge in [-0.25, -0.2) is 4.57 Å². The molecule has 0 unspecified atom stereocenters. The minimum atomic E-state index is 0.267. The van der Waals surface area contributed by atoms with Crippen molar-refractivity contribution in [3.8, 4) is 0 Å². The maximum absolute atomic E-state index is 2.55. The molecule has 3 aromatic heterocycles. The number of hydrogen-bond donors (Lipinski definition) is 0. The molecule has 33 heavy (non-hydrogen) atoms. The zero-order valence-corrected chi connectivity index (χ0v) is 20.9. The second-order valence-corrected chi connectivity index (χ2v) is 11.5. The van der Waals surface area contributed by atoms with E-state index in [1.165, 1.54) is 65.7 Å². The molecule has 0 aliphatic rings. The number of aryl methyl sites for hydroxylation is 2. The number of fused-ring (bicyclic) bond motifs is 5. The topological polar surface area (TPSA) is 8.29 Å². The molecule has 0 atom stereocenters. The molecule has 0 N–H and O–H groups in total. The van der Waals surface area contributed by atoms with E-state index in [0.29, 0.717) is 5.92 Å². The van der Waals surface area contributed by atoms with E-state index in [-0.39, 0.29) is 5.41 Å². The Morgan fingerprint density at radius 1 is 0.879 bits per heavy atom. The third kappa shape index (κ3) is 2.89. The molecule has 0 radical (unpaired) electrons. The summed E-state index contributed by atoms with van der Waals surface area (Å²) in [7, 11) is 2.19. The maximum Gasteiger partial charge on any atom is 0.224 e. The van der Waals surface area contributed by atoms with Crippen LogP contribution in [0.25, 0.3) is 49.0 Å². The second kappa shape index (κ2) is 6.70. The summed E-state index contributed by atoms with van der Waals surface area (Å²) in [5.41, 5.74) is 9.75. The Morgan fingerprint density at radius 2 is 1.67 bits per heavy atom. The normalized spacial score (nSPS) is 13.1. The molecule has 0 aliphatic carbocycles. The van der Waals surface area contributed by atoms with E-state index in [1.54, 1.807) is 0 Å². The molecule has 0 amide bonds. The summed E-state index contributed by atoms with van der Waals surface area (Å²) >= 11 is 0. The first-order valence-corrected chi connectivity index (χ1v) is 12.2. The van der Waals surface area contributed by atoms with Crippen molar-refractivity contribution in [1.82, 2.24) is 4.40 Å². The van der Waals surface area contributed by atoms with Gasteiger partial charge >= 0.3 is 0 Å². The number of rotatable bonds is 2. The van der Waals surface area contributed by atoms with Crippen molar-refractivity contribution in [1.29, 1.82) is 0 Å². The van der Waals surface area contributed by atoms with E-state index in [1.807, 2.05) is 0 Å². The summed E-state index contributed by atoms with van der Waals surface area (Å²) in [5.74, 6) is 0.484. The molecule has 0 aliphatic heterocycles. The first kappa shape index (κ1) is 20.5. The van der Waals surface area contributed by atoms with Gasteiger partial charge in [-0.2, -0.15) is 0 Å². The van der Waals surface area contributed by atoms with Crippen LogP contribution < -0.4 is 4.57 Å². The molecule has 2 nitrogen and oxygen atoms in total. The third-order valence-electron chi connectivity index (χ3n) is 7.32. The summed E-state index contributed by atoms with van der Waals surface area (Å²) in [6.45, 7) is 13.8. The molecule has 2 heteroatoms. The van der Waals surface area contributed by atoms with E-state index in [2.05, 4.69) is 112 Å². The van der Waals surface area contributed by atoms with Gasteiger partial charge in [-0.05, 0) is 65.0 Å². The second-order valence-electron chi connectivity index (χ2n) is 11.5. The quantitative estimate of drug-likeness (QED) is 0.149. The van der Waals surface area contributed by atoms with Crippen molar-refractivity contribution in [2.24, 2.45) is 12.5 Å². The summed E-state index contributed by atoms with van der Waals surface area (Å²) < 4.78 is 4.87. The van der Waals surface area contributed by atoms with E-state index in [4.69, 9.17) is 0 Å². The Balaban J connectivity index is 1.91. The SMILES string of the molecule is Cc1ccc2c3cc(CC(C)(C)C)ccc3n3c4cc(C(C)C)cc5cc[n+](C)c(c1c23)c54. The van der Waals surface area contributed by atoms with Gasteiger partial charge in [0, 0.05) is 16.8 Å². The average molecular weight is 434 g/mol. The summed E-state index contributed by atoms with van der Waals surface area (Å²) in [6, 6.07) is 18.9. The number of nitrogens with zero attached hydrogens (tertiary/aromatic N) is 2. The van der Waals surface area contributed by atoms with Gasteiger partial charge in [0.1, 0.15) is 7.05 Å². The minimum absolute atomic E-state index is 0.267. The lowest BCUT2D eigenvalue weighted by Gasteiger charge is -2.18. The summed E-state index contributed by atoms with van der Waals surface area (Å²) in [4.78, 5) is 0. The number of aromatic nitrogens is 2. The molecule has 0 saturated heterocycles. The fourth-order valence-corrected chi connectivity index (χ4v) is 5.84. The lowest BCUT2D eigenvalue weighted by molar-refractivity contribution is -0.643. The Morgan fingerprint density at radius 3 is 2.39 bits per heavy atom. The lowest BCUT2D eigenvalue weighted by Crippen LogP contribution is -2.29. The molecule has 3 heterocycles. The van der Waals surface area contributed by atoms with Crippen LogP contribution in [0.1, 0.15) is 57.2 Å². The van der Waals surface area contributed by atoms with Crippen molar-refractivity contribution in [2.45, 2.75) is 53.9 Å². The summed E-state index contributed by atoms with van der Waals surface area (Å²) in [6.07, 6.45) is 3.31. The van der Waals surface area contributed by atoms with E-state index in [0.717, 1.165) is 6.42 Å². The van der Waals surface area contributed by atoms with Crippen LogP contribution in [-0.2, 0) is 13.5 Å². The molecule has 0 saturated carbocycles. The number of benzene rings is 3. The largest absolute Gasteiger partial charge is 0.307 e. The predicted molar refractivity (Wildman–Crippen MR) is 142 cm³/mol. The Kier molecular flexibility index (Phi) is 4.15. The standard InChI is InChI=1S/C31H33N2/c1-18(2)22-15-21-12-13-32(7)30-27-19(3)8-10-23-24-14-20(17-31(4,5)6)9-11-25(24)33(29(23)27)26(16-22)28(21)30/h8-16,18H,17H2,1-7H3/q+1. The monoisotopic (exact) mass is 433 g/mol. The van der Waals surface area contributed by atoms with Crippen molar-refractivity contribution in [3.05, 3.63) is 71.4 Å². The first-order valence-electron chi connectivity index (χ1n) is 12.2. The zero-order chi connectivity index (χ0) is 23.2. The highest BCUT2D eigenvalue weighted by molar-refractivity contribution is 6.25. The predicted octanol–water partition coefficient (Wildman–Crippen LogP) is 7.83. The van der Waals surface area contributed by atoms with Gasteiger partial charge in [0.05, 0.1) is 27.3 Å². The van der Waals surface area contributed by atoms with Crippen LogP contribution in [-0.4, -0.2) is 4.40 Å². The molecule has 0 fully saturated rings. The highest BCUT2D eigenvalue weighted by Crippen LogP contribution is 2.42.